The number of aromatic nitrogens is 1. The molecule has 2 heterocycles. The topological polar surface area (TPSA) is 62.3 Å². The van der Waals surface area contributed by atoms with Gasteiger partial charge < -0.3 is 10.2 Å². The minimum atomic E-state index is -0.0540. The summed E-state index contributed by atoms with van der Waals surface area (Å²) in [5.74, 6) is 0.518. The maximum Gasteiger partial charge on any atom is 0.227 e. The van der Waals surface area contributed by atoms with Crippen LogP contribution in [0.3, 0.4) is 0 Å². The molecule has 2 fully saturated rings. The number of carbonyl (C=O) groups excluding carboxylic acids is 2. The third-order valence-corrected chi connectivity index (χ3v) is 6.88. The van der Waals surface area contributed by atoms with Gasteiger partial charge >= 0.3 is 0 Å². The van der Waals surface area contributed by atoms with Gasteiger partial charge in [0.2, 0.25) is 11.8 Å². The Bertz CT molecular complexity index is 1030. The van der Waals surface area contributed by atoms with Crippen LogP contribution in [0.4, 0.5) is 5.69 Å². The van der Waals surface area contributed by atoms with Crippen molar-refractivity contribution < 1.29 is 9.59 Å². The second-order valence-electron chi connectivity index (χ2n) is 7.90. The van der Waals surface area contributed by atoms with Crippen LogP contribution in [0.2, 0.25) is 0 Å². The molecular formula is C23H23N3O2S. The lowest BCUT2D eigenvalue weighted by Gasteiger charge is -2.31. The van der Waals surface area contributed by atoms with Gasteiger partial charge in [0, 0.05) is 30.5 Å². The molecule has 1 saturated heterocycles. The van der Waals surface area contributed by atoms with Crippen LogP contribution >= 0.6 is 11.3 Å². The SMILES string of the molecule is O=C(Nc1ccccc1-c1nc2ccccc2s1)C1CCN(C(=O)C2CC2)CC1. The van der Waals surface area contributed by atoms with Gasteiger partial charge in [-0.15, -0.1) is 11.3 Å². The van der Waals surface area contributed by atoms with Crippen LogP contribution in [0.15, 0.2) is 48.5 Å². The van der Waals surface area contributed by atoms with Crippen molar-refractivity contribution in [1.82, 2.24) is 9.88 Å². The molecule has 1 N–H and O–H groups in total. The van der Waals surface area contributed by atoms with Crippen LogP contribution < -0.4 is 5.32 Å². The zero-order valence-corrected chi connectivity index (χ0v) is 17.0. The van der Waals surface area contributed by atoms with E-state index in [4.69, 9.17) is 4.98 Å². The highest BCUT2D eigenvalue weighted by Crippen LogP contribution is 2.35. The van der Waals surface area contributed by atoms with E-state index in [9.17, 15) is 9.59 Å². The predicted octanol–water partition coefficient (Wildman–Crippen LogP) is 4.55. The molecule has 3 aromatic rings. The van der Waals surface area contributed by atoms with Gasteiger partial charge in [0.1, 0.15) is 5.01 Å². The van der Waals surface area contributed by atoms with E-state index in [2.05, 4.69) is 11.4 Å². The molecule has 2 aromatic carbocycles. The van der Waals surface area contributed by atoms with Crippen molar-refractivity contribution in [2.45, 2.75) is 25.7 Å². The van der Waals surface area contributed by atoms with E-state index in [0.717, 1.165) is 52.2 Å². The summed E-state index contributed by atoms with van der Waals surface area (Å²) in [7, 11) is 0. The Hall–Kier alpha value is -2.73. The van der Waals surface area contributed by atoms with Crippen LogP contribution in [0, 0.1) is 11.8 Å². The van der Waals surface area contributed by atoms with Gasteiger partial charge in [0.05, 0.1) is 15.9 Å². The molecule has 1 saturated carbocycles. The Morgan fingerprint density at radius 1 is 0.931 bits per heavy atom. The highest BCUT2D eigenvalue weighted by Gasteiger charge is 2.36. The summed E-state index contributed by atoms with van der Waals surface area (Å²) in [5, 5.41) is 4.04. The van der Waals surface area contributed by atoms with Gasteiger partial charge in [0.25, 0.3) is 0 Å². The number of thiazole rings is 1. The number of hydrogen-bond donors (Lipinski definition) is 1. The molecule has 1 aromatic heterocycles. The normalized spacial score (nSPS) is 17.4. The van der Waals surface area contributed by atoms with Gasteiger partial charge in [-0.05, 0) is 49.9 Å². The second-order valence-corrected chi connectivity index (χ2v) is 8.93. The van der Waals surface area contributed by atoms with E-state index in [0.29, 0.717) is 13.1 Å². The Morgan fingerprint density at radius 2 is 1.66 bits per heavy atom. The molecular weight excluding hydrogens is 382 g/mol. The quantitative estimate of drug-likeness (QED) is 0.693. The van der Waals surface area contributed by atoms with Crippen molar-refractivity contribution in [3.8, 4) is 10.6 Å². The Morgan fingerprint density at radius 3 is 2.41 bits per heavy atom. The van der Waals surface area contributed by atoms with Gasteiger partial charge in [-0.25, -0.2) is 4.98 Å². The van der Waals surface area contributed by atoms with Crippen molar-refractivity contribution in [2.75, 3.05) is 18.4 Å². The molecule has 148 valence electrons. The van der Waals surface area contributed by atoms with E-state index >= 15 is 0 Å². The fourth-order valence-electron chi connectivity index (χ4n) is 3.95. The zero-order chi connectivity index (χ0) is 19.8. The average Bonchev–Trinajstić information content (AvgIpc) is 3.52. The Kier molecular flexibility index (Phi) is 4.79. The largest absolute Gasteiger partial charge is 0.342 e. The van der Waals surface area contributed by atoms with Gasteiger partial charge in [-0.3, -0.25) is 9.59 Å². The van der Waals surface area contributed by atoms with Gasteiger partial charge in [-0.2, -0.15) is 0 Å². The van der Waals surface area contributed by atoms with E-state index in [-0.39, 0.29) is 23.7 Å². The number of hydrogen-bond acceptors (Lipinski definition) is 4. The highest BCUT2D eigenvalue weighted by atomic mass is 32.1. The molecule has 0 bridgehead atoms. The highest BCUT2D eigenvalue weighted by molar-refractivity contribution is 7.21. The lowest BCUT2D eigenvalue weighted by Crippen LogP contribution is -2.42. The monoisotopic (exact) mass is 405 g/mol. The van der Waals surface area contributed by atoms with E-state index in [1.165, 1.54) is 0 Å². The Labute approximate surface area is 173 Å². The van der Waals surface area contributed by atoms with Crippen molar-refractivity contribution in [1.29, 1.82) is 0 Å². The fourth-order valence-corrected chi connectivity index (χ4v) is 4.96. The number of carbonyl (C=O) groups is 2. The number of para-hydroxylation sites is 2. The first kappa shape index (κ1) is 18.3. The van der Waals surface area contributed by atoms with E-state index < -0.39 is 0 Å². The summed E-state index contributed by atoms with van der Waals surface area (Å²) in [5.41, 5.74) is 2.72. The van der Waals surface area contributed by atoms with Crippen LogP contribution in [0.25, 0.3) is 20.8 Å². The summed E-state index contributed by atoms with van der Waals surface area (Å²) in [6, 6.07) is 15.9. The summed E-state index contributed by atoms with van der Waals surface area (Å²) in [4.78, 5) is 31.8. The molecule has 6 heteroatoms. The number of likely N-dealkylation sites (tertiary alicyclic amines) is 1. The molecule has 1 aliphatic heterocycles. The first-order chi connectivity index (χ1) is 14.2. The number of anilines is 1. The maximum atomic E-state index is 12.9. The van der Waals surface area contributed by atoms with Crippen molar-refractivity contribution in [3.63, 3.8) is 0 Å². The molecule has 5 rings (SSSR count). The molecule has 29 heavy (non-hydrogen) atoms. The minimum absolute atomic E-state index is 0.0390. The lowest BCUT2D eigenvalue weighted by molar-refractivity contribution is -0.135. The molecule has 0 spiro atoms. The van der Waals surface area contributed by atoms with Crippen LogP contribution in [0.5, 0.6) is 0 Å². The number of benzene rings is 2. The smallest absolute Gasteiger partial charge is 0.227 e. The molecule has 2 amide bonds. The number of fused-ring (bicyclic) bond motifs is 1. The zero-order valence-electron chi connectivity index (χ0n) is 16.1. The maximum absolute atomic E-state index is 12.9. The first-order valence-electron chi connectivity index (χ1n) is 10.2. The third kappa shape index (κ3) is 3.77. The summed E-state index contributed by atoms with van der Waals surface area (Å²) >= 11 is 1.63. The molecule has 0 unspecified atom stereocenters. The standard InChI is InChI=1S/C23H23N3O2S/c27-21(15-11-13-26(14-12-15)23(28)16-9-10-16)24-18-6-2-1-5-17(18)22-25-19-7-3-4-8-20(19)29-22/h1-8,15-16H,9-14H2,(H,24,27). The van der Waals surface area contributed by atoms with Crippen molar-refractivity contribution >= 4 is 39.1 Å². The number of nitrogens with one attached hydrogen (secondary N) is 1. The number of piperidine rings is 1. The predicted molar refractivity (Wildman–Crippen MR) is 116 cm³/mol. The minimum Gasteiger partial charge on any atom is -0.342 e. The van der Waals surface area contributed by atoms with Gasteiger partial charge in [-0.1, -0.05) is 24.3 Å². The molecule has 0 radical (unpaired) electrons. The summed E-state index contributed by atoms with van der Waals surface area (Å²) < 4.78 is 1.14. The Balaban J connectivity index is 1.29. The fraction of sp³-hybridized carbons (Fsp3) is 0.348. The number of rotatable bonds is 4. The molecule has 0 atom stereocenters. The van der Waals surface area contributed by atoms with Gasteiger partial charge in [0.15, 0.2) is 0 Å². The van der Waals surface area contributed by atoms with Crippen LogP contribution in [0.1, 0.15) is 25.7 Å². The second kappa shape index (κ2) is 7.59. The number of amides is 2. The average molecular weight is 406 g/mol. The number of nitrogens with zero attached hydrogens (tertiary/aromatic N) is 2. The summed E-state index contributed by atoms with van der Waals surface area (Å²) in [6.45, 7) is 1.37. The lowest BCUT2D eigenvalue weighted by atomic mass is 9.95. The summed E-state index contributed by atoms with van der Waals surface area (Å²) in [6.07, 6.45) is 3.52. The molecule has 5 nitrogen and oxygen atoms in total. The van der Waals surface area contributed by atoms with E-state index in [1.54, 1.807) is 11.3 Å². The van der Waals surface area contributed by atoms with Crippen LogP contribution in [-0.2, 0) is 9.59 Å². The van der Waals surface area contributed by atoms with Crippen LogP contribution in [-0.4, -0.2) is 34.8 Å². The molecule has 2 aliphatic rings. The third-order valence-electron chi connectivity index (χ3n) is 5.81. The van der Waals surface area contributed by atoms with Crippen molar-refractivity contribution in [2.24, 2.45) is 11.8 Å². The first-order valence-corrected chi connectivity index (χ1v) is 11.1. The van der Waals surface area contributed by atoms with Crippen molar-refractivity contribution in [3.05, 3.63) is 48.5 Å². The van der Waals surface area contributed by atoms with E-state index in [1.807, 2.05) is 47.4 Å². The molecule has 1 aliphatic carbocycles.